The summed E-state index contributed by atoms with van der Waals surface area (Å²) in [6.45, 7) is 2.18. The smallest absolute Gasteiger partial charge is 0.324 e. The number of aromatic nitrogens is 2. The summed E-state index contributed by atoms with van der Waals surface area (Å²) in [5, 5.41) is 4.14. The molecular weight excluding hydrogens is 266 g/mol. The summed E-state index contributed by atoms with van der Waals surface area (Å²) >= 11 is 0. The van der Waals surface area contributed by atoms with E-state index in [1.807, 2.05) is 47.0 Å². The number of carbonyl (C=O) groups excluding carboxylic acids is 1. The van der Waals surface area contributed by atoms with E-state index < -0.39 is 0 Å². The van der Waals surface area contributed by atoms with E-state index in [9.17, 15) is 4.79 Å². The quantitative estimate of drug-likeness (QED) is 0.865. The first-order chi connectivity index (χ1) is 10.1. The lowest BCUT2D eigenvalue weighted by Gasteiger charge is -2.18. The van der Waals surface area contributed by atoms with Crippen molar-refractivity contribution in [3.63, 3.8) is 0 Å². The zero-order valence-electron chi connectivity index (χ0n) is 12.1. The maximum Gasteiger partial charge on any atom is 0.324 e. The molecule has 0 radical (unpaired) electrons. The van der Waals surface area contributed by atoms with Gasteiger partial charge in [-0.05, 0) is 30.3 Å². The first kappa shape index (κ1) is 13.5. The van der Waals surface area contributed by atoms with Crippen molar-refractivity contribution in [3.8, 4) is 0 Å². The van der Waals surface area contributed by atoms with Crippen LogP contribution in [-0.2, 0) is 13.5 Å². The van der Waals surface area contributed by atoms with Crippen LogP contribution in [0.3, 0.4) is 0 Å². The third-order valence-corrected chi connectivity index (χ3v) is 3.86. The van der Waals surface area contributed by atoms with Gasteiger partial charge < -0.3 is 10.6 Å². The zero-order chi connectivity index (χ0) is 14.8. The first-order valence-corrected chi connectivity index (χ1v) is 7.04. The minimum absolute atomic E-state index is 0.0574. The molecule has 1 aliphatic heterocycles. The fourth-order valence-corrected chi connectivity index (χ4v) is 2.58. The number of rotatable bonds is 4. The Hall–Kier alpha value is -2.50. The molecule has 0 aliphatic carbocycles. The molecule has 2 aromatic rings. The van der Waals surface area contributed by atoms with E-state index >= 15 is 0 Å². The second kappa shape index (κ2) is 5.47. The van der Waals surface area contributed by atoms with E-state index in [4.69, 9.17) is 5.73 Å². The number of nitrogen functional groups attached to an aromatic ring is 1. The van der Waals surface area contributed by atoms with Crippen LogP contribution in [0.1, 0.15) is 5.69 Å². The van der Waals surface area contributed by atoms with Gasteiger partial charge >= 0.3 is 6.03 Å². The van der Waals surface area contributed by atoms with Gasteiger partial charge in [0.05, 0.1) is 0 Å². The number of nitrogens with zero attached hydrogens (tertiary/aromatic N) is 4. The lowest BCUT2D eigenvalue weighted by atomic mass is 10.2. The molecule has 2 heterocycles. The van der Waals surface area contributed by atoms with Gasteiger partial charge in [-0.2, -0.15) is 5.10 Å². The zero-order valence-corrected chi connectivity index (χ0v) is 12.1. The van der Waals surface area contributed by atoms with Crippen LogP contribution in [0.5, 0.6) is 0 Å². The van der Waals surface area contributed by atoms with Gasteiger partial charge in [-0.15, -0.1) is 0 Å². The third kappa shape index (κ3) is 2.69. The van der Waals surface area contributed by atoms with Crippen molar-refractivity contribution < 1.29 is 4.79 Å². The van der Waals surface area contributed by atoms with Crippen molar-refractivity contribution in [2.45, 2.75) is 6.42 Å². The number of aryl methyl sites for hydroxylation is 1. The van der Waals surface area contributed by atoms with Gasteiger partial charge in [0.2, 0.25) is 0 Å². The number of amides is 2. The van der Waals surface area contributed by atoms with Crippen LogP contribution >= 0.6 is 0 Å². The van der Waals surface area contributed by atoms with Crippen molar-refractivity contribution in [1.82, 2.24) is 14.7 Å². The summed E-state index contributed by atoms with van der Waals surface area (Å²) in [4.78, 5) is 16.1. The maximum atomic E-state index is 12.4. The highest BCUT2D eigenvalue weighted by atomic mass is 16.2. The van der Waals surface area contributed by atoms with Crippen LogP contribution in [-0.4, -0.2) is 40.3 Å². The highest BCUT2D eigenvalue weighted by molar-refractivity contribution is 5.94. The van der Waals surface area contributed by atoms with Crippen LogP contribution in [0, 0.1) is 0 Å². The first-order valence-electron chi connectivity index (χ1n) is 7.04. The normalized spacial score (nSPS) is 15.0. The van der Waals surface area contributed by atoms with Gasteiger partial charge in [0.15, 0.2) is 0 Å². The monoisotopic (exact) mass is 285 g/mol. The Morgan fingerprint density at radius 1 is 1.19 bits per heavy atom. The number of benzene rings is 1. The van der Waals surface area contributed by atoms with Crippen molar-refractivity contribution >= 4 is 17.4 Å². The van der Waals surface area contributed by atoms with E-state index in [-0.39, 0.29) is 6.03 Å². The molecular formula is C15H19N5O. The van der Waals surface area contributed by atoms with Crippen molar-refractivity contribution in [2.24, 2.45) is 7.05 Å². The Bertz CT molecular complexity index is 634. The van der Waals surface area contributed by atoms with Crippen LogP contribution < -0.4 is 10.6 Å². The summed E-state index contributed by atoms with van der Waals surface area (Å²) in [6.07, 6.45) is 2.60. The van der Waals surface area contributed by atoms with Gasteiger partial charge in [-0.1, -0.05) is 0 Å². The summed E-state index contributed by atoms with van der Waals surface area (Å²) < 4.78 is 1.85. The molecule has 1 aromatic heterocycles. The molecule has 0 bridgehead atoms. The molecule has 0 spiro atoms. The Balaban J connectivity index is 1.63. The van der Waals surface area contributed by atoms with Crippen LogP contribution in [0.4, 0.5) is 16.2 Å². The molecule has 2 N–H and O–H groups in total. The third-order valence-electron chi connectivity index (χ3n) is 3.86. The van der Waals surface area contributed by atoms with Crippen molar-refractivity contribution in [3.05, 3.63) is 42.2 Å². The molecule has 1 saturated heterocycles. The molecule has 6 nitrogen and oxygen atoms in total. The van der Waals surface area contributed by atoms with E-state index in [0.717, 1.165) is 24.3 Å². The van der Waals surface area contributed by atoms with Crippen LogP contribution in [0.15, 0.2) is 36.5 Å². The summed E-state index contributed by atoms with van der Waals surface area (Å²) in [6, 6.07) is 9.46. The molecule has 21 heavy (non-hydrogen) atoms. The number of hydrogen-bond acceptors (Lipinski definition) is 3. The molecule has 1 aliphatic rings. The van der Waals surface area contributed by atoms with E-state index in [0.29, 0.717) is 18.8 Å². The average molecular weight is 285 g/mol. The maximum absolute atomic E-state index is 12.4. The minimum atomic E-state index is 0.0574. The lowest BCUT2D eigenvalue weighted by molar-refractivity contribution is 0.221. The predicted molar refractivity (Wildman–Crippen MR) is 82.1 cm³/mol. The SMILES string of the molecule is Cn1nccc1CCN1CCN(c2ccc(N)cc2)C1=O. The predicted octanol–water partition coefficient (Wildman–Crippen LogP) is 1.49. The van der Waals surface area contributed by atoms with Crippen LogP contribution in [0.25, 0.3) is 0 Å². The molecule has 0 saturated carbocycles. The summed E-state index contributed by atoms with van der Waals surface area (Å²) in [5.41, 5.74) is 8.42. The fourth-order valence-electron chi connectivity index (χ4n) is 2.58. The van der Waals surface area contributed by atoms with Gasteiger partial charge in [-0.3, -0.25) is 9.58 Å². The van der Waals surface area contributed by atoms with Gasteiger partial charge in [0.1, 0.15) is 0 Å². The van der Waals surface area contributed by atoms with Gasteiger partial charge in [0, 0.05) is 56.4 Å². The summed E-state index contributed by atoms with van der Waals surface area (Å²) in [5.74, 6) is 0. The Labute approximate surface area is 123 Å². The highest BCUT2D eigenvalue weighted by Gasteiger charge is 2.29. The number of anilines is 2. The standard InChI is InChI=1S/C15H19N5O/c1-18-13(6-8-17-18)7-9-19-10-11-20(15(19)21)14-4-2-12(16)3-5-14/h2-6,8H,7,9-11,16H2,1H3. The number of hydrogen-bond donors (Lipinski definition) is 1. The average Bonchev–Trinajstić information content (AvgIpc) is 3.04. The Morgan fingerprint density at radius 2 is 1.95 bits per heavy atom. The van der Waals surface area contributed by atoms with E-state index in [2.05, 4.69) is 5.10 Å². The molecule has 2 amide bonds. The Morgan fingerprint density at radius 3 is 2.62 bits per heavy atom. The second-order valence-electron chi connectivity index (χ2n) is 5.21. The Kier molecular flexibility index (Phi) is 3.51. The molecule has 0 atom stereocenters. The van der Waals surface area contributed by atoms with Gasteiger partial charge in [-0.25, -0.2) is 4.79 Å². The molecule has 6 heteroatoms. The topological polar surface area (TPSA) is 67.4 Å². The molecule has 1 aromatic carbocycles. The second-order valence-corrected chi connectivity index (χ2v) is 5.21. The number of carbonyl (C=O) groups is 1. The lowest BCUT2D eigenvalue weighted by Crippen LogP contribution is -2.33. The van der Waals surface area contributed by atoms with Crippen LogP contribution in [0.2, 0.25) is 0 Å². The molecule has 110 valence electrons. The fraction of sp³-hybridized carbons (Fsp3) is 0.333. The molecule has 3 rings (SSSR count). The van der Waals surface area contributed by atoms with Gasteiger partial charge in [0.25, 0.3) is 0 Å². The molecule has 0 unspecified atom stereocenters. The number of nitrogens with two attached hydrogens (primary N) is 1. The minimum Gasteiger partial charge on any atom is -0.399 e. The van der Waals surface area contributed by atoms with Crippen molar-refractivity contribution in [1.29, 1.82) is 0 Å². The van der Waals surface area contributed by atoms with Crippen molar-refractivity contribution in [2.75, 3.05) is 30.3 Å². The molecule has 1 fully saturated rings. The highest BCUT2D eigenvalue weighted by Crippen LogP contribution is 2.21. The summed E-state index contributed by atoms with van der Waals surface area (Å²) in [7, 11) is 1.92. The largest absolute Gasteiger partial charge is 0.399 e. The number of urea groups is 1. The van der Waals surface area contributed by atoms with E-state index in [1.165, 1.54) is 0 Å². The van der Waals surface area contributed by atoms with E-state index in [1.54, 1.807) is 11.1 Å².